The second-order valence-electron chi connectivity index (χ2n) is 6.62. The molecule has 0 bridgehead atoms. The second kappa shape index (κ2) is 5.92. The van der Waals surface area contributed by atoms with Crippen LogP contribution in [0, 0.1) is 11.3 Å². The van der Waals surface area contributed by atoms with Crippen molar-refractivity contribution < 1.29 is 9.53 Å². The highest BCUT2D eigenvalue weighted by molar-refractivity contribution is 5.86. The summed E-state index contributed by atoms with van der Waals surface area (Å²) in [5, 5.41) is 4.91. The van der Waals surface area contributed by atoms with E-state index in [-0.39, 0.29) is 11.9 Å². The molecule has 0 amide bonds. The number of aromatic nitrogens is 4. The van der Waals surface area contributed by atoms with E-state index in [1.165, 1.54) is 0 Å². The lowest BCUT2D eigenvalue weighted by molar-refractivity contribution is -0.156. The predicted molar refractivity (Wildman–Crippen MR) is 91.5 cm³/mol. The summed E-state index contributed by atoms with van der Waals surface area (Å²) >= 11 is 0. The SMILES string of the molecule is CCOC(=O)C1(C(C)C)CCN(c2nc(N)c3cnn(C)c3n2)C1. The van der Waals surface area contributed by atoms with Crippen LogP contribution in [0.3, 0.4) is 0 Å². The molecule has 1 unspecified atom stereocenters. The number of esters is 1. The standard InChI is InChI=1S/C16H24N6O2/c1-5-24-14(23)16(10(2)3)6-7-22(9-16)15-19-12(17)11-8-18-21(4)13(11)20-15/h8,10H,5-7,9H2,1-4H3,(H2,17,19,20). The first kappa shape index (κ1) is 16.5. The molecule has 1 fully saturated rings. The minimum Gasteiger partial charge on any atom is -0.466 e. The van der Waals surface area contributed by atoms with Crippen molar-refractivity contribution in [3.8, 4) is 0 Å². The van der Waals surface area contributed by atoms with Gasteiger partial charge < -0.3 is 15.4 Å². The summed E-state index contributed by atoms with van der Waals surface area (Å²) in [6.45, 7) is 7.56. The van der Waals surface area contributed by atoms with Crippen molar-refractivity contribution in [2.45, 2.75) is 27.2 Å². The average molecular weight is 332 g/mol. The van der Waals surface area contributed by atoms with Gasteiger partial charge in [-0.3, -0.25) is 9.48 Å². The van der Waals surface area contributed by atoms with Crippen LogP contribution in [0.1, 0.15) is 27.2 Å². The lowest BCUT2D eigenvalue weighted by Gasteiger charge is -2.30. The molecule has 1 atom stereocenters. The number of hydrogen-bond donors (Lipinski definition) is 1. The highest BCUT2D eigenvalue weighted by Gasteiger charge is 2.49. The van der Waals surface area contributed by atoms with E-state index in [9.17, 15) is 4.79 Å². The van der Waals surface area contributed by atoms with Gasteiger partial charge in [-0.15, -0.1) is 0 Å². The molecule has 1 saturated heterocycles. The number of ether oxygens (including phenoxy) is 1. The van der Waals surface area contributed by atoms with Crippen LogP contribution in [0.15, 0.2) is 6.20 Å². The fraction of sp³-hybridized carbons (Fsp3) is 0.625. The van der Waals surface area contributed by atoms with Crippen LogP contribution in [0.4, 0.5) is 11.8 Å². The Labute approximate surface area is 141 Å². The number of rotatable bonds is 4. The Morgan fingerprint density at radius 1 is 1.46 bits per heavy atom. The summed E-state index contributed by atoms with van der Waals surface area (Å²) in [6, 6.07) is 0. The molecule has 1 aliphatic rings. The topological polar surface area (TPSA) is 99.2 Å². The molecule has 1 aliphatic heterocycles. The largest absolute Gasteiger partial charge is 0.466 e. The fourth-order valence-corrected chi connectivity index (χ4v) is 3.33. The van der Waals surface area contributed by atoms with Crippen LogP contribution in [0.2, 0.25) is 0 Å². The van der Waals surface area contributed by atoms with Crippen molar-refractivity contribution in [2.24, 2.45) is 18.4 Å². The van der Waals surface area contributed by atoms with Gasteiger partial charge in [-0.25, -0.2) is 0 Å². The van der Waals surface area contributed by atoms with Crippen LogP contribution in [-0.4, -0.2) is 45.4 Å². The van der Waals surface area contributed by atoms with Crippen molar-refractivity contribution in [2.75, 3.05) is 30.3 Å². The number of anilines is 2. The quantitative estimate of drug-likeness (QED) is 0.844. The van der Waals surface area contributed by atoms with Gasteiger partial charge in [-0.1, -0.05) is 13.8 Å². The van der Waals surface area contributed by atoms with Crippen molar-refractivity contribution in [1.82, 2.24) is 19.7 Å². The van der Waals surface area contributed by atoms with Gasteiger partial charge in [0, 0.05) is 20.1 Å². The zero-order chi connectivity index (χ0) is 17.5. The molecule has 2 N–H and O–H groups in total. The first-order valence-electron chi connectivity index (χ1n) is 8.26. The highest BCUT2D eigenvalue weighted by Crippen LogP contribution is 2.40. The summed E-state index contributed by atoms with van der Waals surface area (Å²) in [6.07, 6.45) is 2.38. The smallest absolute Gasteiger partial charge is 0.314 e. The van der Waals surface area contributed by atoms with Gasteiger partial charge in [0.15, 0.2) is 5.65 Å². The number of carbonyl (C=O) groups excluding carboxylic acids is 1. The van der Waals surface area contributed by atoms with E-state index in [1.54, 1.807) is 10.9 Å². The van der Waals surface area contributed by atoms with Crippen molar-refractivity contribution in [3.63, 3.8) is 0 Å². The molecule has 24 heavy (non-hydrogen) atoms. The van der Waals surface area contributed by atoms with Crippen molar-refractivity contribution in [1.29, 1.82) is 0 Å². The van der Waals surface area contributed by atoms with E-state index in [0.717, 1.165) is 11.8 Å². The van der Waals surface area contributed by atoms with Gasteiger partial charge in [0.1, 0.15) is 5.82 Å². The monoisotopic (exact) mass is 332 g/mol. The summed E-state index contributed by atoms with van der Waals surface area (Å²) in [5.74, 6) is 0.966. The second-order valence-corrected chi connectivity index (χ2v) is 6.62. The minimum atomic E-state index is -0.532. The van der Waals surface area contributed by atoms with Gasteiger partial charge in [-0.2, -0.15) is 15.1 Å². The fourth-order valence-electron chi connectivity index (χ4n) is 3.33. The number of fused-ring (bicyclic) bond motifs is 1. The molecular weight excluding hydrogens is 308 g/mol. The van der Waals surface area contributed by atoms with Crippen LogP contribution in [-0.2, 0) is 16.6 Å². The number of hydrogen-bond acceptors (Lipinski definition) is 7. The minimum absolute atomic E-state index is 0.142. The average Bonchev–Trinajstić information content (AvgIpc) is 3.13. The molecule has 2 aromatic rings. The van der Waals surface area contributed by atoms with Gasteiger partial charge in [0.05, 0.1) is 23.6 Å². The number of nitrogens with two attached hydrogens (primary N) is 1. The molecule has 8 heteroatoms. The number of nitrogens with zero attached hydrogens (tertiary/aromatic N) is 5. The first-order valence-corrected chi connectivity index (χ1v) is 8.26. The van der Waals surface area contributed by atoms with Crippen LogP contribution < -0.4 is 10.6 Å². The van der Waals surface area contributed by atoms with E-state index in [4.69, 9.17) is 10.5 Å². The van der Waals surface area contributed by atoms with E-state index in [0.29, 0.717) is 37.1 Å². The molecule has 0 saturated carbocycles. The third-order valence-electron chi connectivity index (χ3n) is 4.98. The van der Waals surface area contributed by atoms with E-state index >= 15 is 0 Å². The molecule has 0 radical (unpaired) electrons. The number of nitrogen functional groups attached to an aromatic ring is 1. The Morgan fingerprint density at radius 2 is 2.21 bits per heavy atom. The van der Waals surface area contributed by atoms with Gasteiger partial charge >= 0.3 is 5.97 Å². The summed E-state index contributed by atoms with van der Waals surface area (Å²) in [7, 11) is 1.82. The van der Waals surface area contributed by atoms with Crippen LogP contribution >= 0.6 is 0 Å². The normalized spacial score (nSPS) is 21.0. The molecule has 0 aliphatic carbocycles. The Kier molecular flexibility index (Phi) is 4.06. The van der Waals surface area contributed by atoms with E-state index < -0.39 is 5.41 Å². The number of aryl methyl sites for hydroxylation is 1. The third kappa shape index (κ3) is 2.46. The van der Waals surface area contributed by atoms with Gasteiger partial charge in [-0.05, 0) is 19.3 Å². The van der Waals surface area contributed by atoms with E-state index in [2.05, 4.69) is 28.9 Å². The molecule has 3 heterocycles. The van der Waals surface area contributed by atoms with E-state index in [1.807, 2.05) is 18.9 Å². The maximum atomic E-state index is 12.5. The predicted octanol–water partition coefficient (Wildman–Crippen LogP) is 1.36. The summed E-state index contributed by atoms with van der Waals surface area (Å²) in [4.78, 5) is 23.6. The highest BCUT2D eigenvalue weighted by atomic mass is 16.5. The lowest BCUT2D eigenvalue weighted by Crippen LogP contribution is -2.41. The molecule has 0 spiro atoms. The molecule has 2 aromatic heterocycles. The third-order valence-corrected chi connectivity index (χ3v) is 4.98. The molecule has 0 aromatic carbocycles. The Balaban J connectivity index is 1.94. The van der Waals surface area contributed by atoms with Crippen LogP contribution in [0.5, 0.6) is 0 Å². The molecule has 130 valence electrons. The van der Waals surface area contributed by atoms with Crippen LogP contribution in [0.25, 0.3) is 11.0 Å². The van der Waals surface area contributed by atoms with Crippen molar-refractivity contribution in [3.05, 3.63) is 6.20 Å². The number of carbonyl (C=O) groups is 1. The molecular formula is C16H24N6O2. The summed E-state index contributed by atoms with van der Waals surface area (Å²) < 4.78 is 7.00. The Morgan fingerprint density at radius 3 is 2.88 bits per heavy atom. The van der Waals surface area contributed by atoms with Gasteiger partial charge in [0.2, 0.25) is 5.95 Å². The maximum absolute atomic E-state index is 12.5. The Hall–Kier alpha value is -2.38. The maximum Gasteiger partial charge on any atom is 0.314 e. The Bertz CT molecular complexity index is 771. The lowest BCUT2D eigenvalue weighted by atomic mass is 9.76. The van der Waals surface area contributed by atoms with Gasteiger partial charge in [0.25, 0.3) is 0 Å². The summed E-state index contributed by atoms with van der Waals surface area (Å²) in [5.41, 5.74) is 6.21. The molecule has 8 nitrogen and oxygen atoms in total. The zero-order valence-electron chi connectivity index (χ0n) is 14.6. The van der Waals surface area contributed by atoms with Crippen molar-refractivity contribution >= 4 is 28.8 Å². The first-order chi connectivity index (χ1) is 11.4. The zero-order valence-corrected chi connectivity index (χ0v) is 14.6. The molecule has 3 rings (SSSR count).